The molecule has 0 bridgehead atoms. The number of pyridine rings is 2. The number of carbonyl (C=O) groups is 1. The Balaban J connectivity index is 2.05. The monoisotopic (exact) mass is 383 g/mol. The number of hydrogen-bond donors (Lipinski definition) is 1. The normalized spacial score (nSPS) is 14.9. The molecular formula is C19H18ClN5O2. The second kappa shape index (κ2) is 7.67. The lowest BCUT2D eigenvalue weighted by molar-refractivity contribution is -0.115. The van der Waals surface area contributed by atoms with Crippen molar-refractivity contribution in [3.63, 3.8) is 0 Å². The van der Waals surface area contributed by atoms with Crippen molar-refractivity contribution in [1.29, 1.82) is 0 Å². The lowest BCUT2D eigenvalue weighted by Crippen LogP contribution is -2.38. The molecule has 1 amide bonds. The molecule has 7 nitrogen and oxygen atoms in total. The second-order valence-electron chi connectivity index (χ2n) is 6.17. The van der Waals surface area contributed by atoms with Crippen molar-refractivity contribution in [2.24, 2.45) is 10.1 Å². The summed E-state index contributed by atoms with van der Waals surface area (Å²) in [6.45, 7) is 7.77. The van der Waals surface area contributed by atoms with E-state index in [1.165, 1.54) is 11.1 Å². The largest absolute Gasteiger partial charge is 0.411 e. The van der Waals surface area contributed by atoms with Crippen molar-refractivity contribution >= 4 is 36.3 Å². The third-order valence-electron chi connectivity index (χ3n) is 4.32. The quantitative estimate of drug-likeness (QED) is 0.496. The first-order chi connectivity index (χ1) is 13.0. The van der Waals surface area contributed by atoms with E-state index >= 15 is 0 Å². The Morgan fingerprint density at radius 2 is 2.07 bits per heavy atom. The summed E-state index contributed by atoms with van der Waals surface area (Å²) in [4.78, 5) is 26.9. The Labute approximate surface area is 161 Å². The number of hydrogen-bond acceptors (Lipinski definition) is 6. The number of carbonyl (C=O) groups excluding carboxylic acids is 1. The molecule has 2 aromatic heterocycles. The van der Waals surface area contributed by atoms with Crippen LogP contribution in [0, 0.1) is 13.8 Å². The highest BCUT2D eigenvalue weighted by Crippen LogP contribution is 2.33. The molecule has 8 heteroatoms. The molecule has 0 unspecified atom stereocenters. The fraction of sp³-hybridized carbons (Fsp3) is 0.211. The molecule has 0 radical (unpaired) electrons. The smallest absolute Gasteiger partial charge is 0.262 e. The zero-order valence-corrected chi connectivity index (χ0v) is 15.7. The molecule has 0 saturated heterocycles. The Morgan fingerprint density at radius 1 is 1.30 bits per heavy atom. The minimum Gasteiger partial charge on any atom is -0.411 e. The maximum atomic E-state index is 12.8. The number of rotatable bonds is 4. The molecule has 3 rings (SSSR count). The van der Waals surface area contributed by atoms with E-state index in [0.717, 1.165) is 23.0 Å². The molecule has 27 heavy (non-hydrogen) atoms. The molecule has 2 aromatic rings. The van der Waals surface area contributed by atoms with Crippen molar-refractivity contribution < 1.29 is 10.0 Å². The van der Waals surface area contributed by atoms with Gasteiger partial charge < -0.3 is 5.21 Å². The van der Waals surface area contributed by atoms with Crippen LogP contribution in [0.2, 0.25) is 5.02 Å². The number of aryl methyl sites for hydroxylation is 2. The van der Waals surface area contributed by atoms with E-state index in [2.05, 4.69) is 26.8 Å². The van der Waals surface area contributed by atoms with Gasteiger partial charge in [0.15, 0.2) is 0 Å². The highest BCUT2D eigenvalue weighted by atomic mass is 35.5. The van der Waals surface area contributed by atoms with Crippen LogP contribution in [0.3, 0.4) is 0 Å². The molecule has 1 aliphatic heterocycles. The van der Waals surface area contributed by atoms with Gasteiger partial charge in [-0.25, -0.2) is 4.98 Å². The van der Waals surface area contributed by atoms with Gasteiger partial charge in [-0.2, -0.15) is 0 Å². The third-order valence-corrected chi connectivity index (χ3v) is 4.63. The van der Waals surface area contributed by atoms with E-state index < -0.39 is 0 Å². The van der Waals surface area contributed by atoms with E-state index in [9.17, 15) is 4.79 Å². The van der Waals surface area contributed by atoms with Crippen molar-refractivity contribution in [2.75, 3.05) is 11.4 Å². The molecule has 1 N–H and O–H groups in total. The summed E-state index contributed by atoms with van der Waals surface area (Å²) in [5.74, 6) is 0.0731. The zero-order chi connectivity index (χ0) is 19.6. The summed E-state index contributed by atoms with van der Waals surface area (Å²) in [5, 5.41) is 12.3. The van der Waals surface area contributed by atoms with Gasteiger partial charge in [0.05, 0.1) is 28.2 Å². The van der Waals surface area contributed by atoms with Gasteiger partial charge in [0.2, 0.25) is 0 Å². The standard InChI is InChI=1S/C19H18ClN5O2/c1-11-6-12(2)18(23-8-11)13-7-17(22-10-15(13)20)25-5-4-16(21-3)14(9-24-27)19(25)26/h6-10,27H,3-5H2,1-2H3/b24-9-. The molecular weight excluding hydrogens is 366 g/mol. The summed E-state index contributed by atoms with van der Waals surface area (Å²) in [5.41, 5.74) is 4.13. The van der Waals surface area contributed by atoms with E-state index in [-0.39, 0.29) is 11.5 Å². The van der Waals surface area contributed by atoms with Crippen LogP contribution in [0.1, 0.15) is 17.5 Å². The predicted octanol–water partition coefficient (Wildman–Crippen LogP) is 3.57. The second-order valence-corrected chi connectivity index (χ2v) is 6.58. The first-order valence-electron chi connectivity index (χ1n) is 8.24. The van der Waals surface area contributed by atoms with Gasteiger partial charge in [0.25, 0.3) is 5.91 Å². The van der Waals surface area contributed by atoms with Crippen LogP contribution in [0.5, 0.6) is 0 Å². The summed E-state index contributed by atoms with van der Waals surface area (Å²) in [6.07, 6.45) is 4.82. The van der Waals surface area contributed by atoms with Crippen LogP contribution in [0.15, 0.2) is 45.9 Å². The highest BCUT2D eigenvalue weighted by molar-refractivity contribution is 6.33. The Bertz CT molecular complexity index is 984. The minimum absolute atomic E-state index is 0.182. The SMILES string of the molecule is C=NC1=C(/C=N\O)C(=O)N(c2cc(-c3ncc(C)cc3C)c(Cl)cn2)CC1. The van der Waals surface area contributed by atoms with Crippen molar-refractivity contribution in [3.05, 3.63) is 51.9 Å². The van der Waals surface area contributed by atoms with Gasteiger partial charge in [0, 0.05) is 30.9 Å². The van der Waals surface area contributed by atoms with Crippen LogP contribution >= 0.6 is 11.6 Å². The number of anilines is 1. The summed E-state index contributed by atoms with van der Waals surface area (Å²) in [7, 11) is 0. The fourth-order valence-electron chi connectivity index (χ4n) is 3.05. The van der Waals surface area contributed by atoms with Crippen molar-refractivity contribution in [2.45, 2.75) is 20.3 Å². The van der Waals surface area contributed by atoms with Crippen LogP contribution in [-0.2, 0) is 4.79 Å². The first-order valence-corrected chi connectivity index (χ1v) is 8.62. The molecule has 0 fully saturated rings. The summed E-state index contributed by atoms with van der Waals surface area (Å²) >= 11 is 6.35. The average molecular weight is 384 g/mol. The number of halogens is 1. The van der Waals surface area contributed by atoms with Crippen LogP contribution in [-0.4, -0.2) is 40.6 Å². The fourth-order valence-corrected chi connectivity index (χ4v) is 3.24. The molecule has 0 spiro atoms. The molecule has 0 atom stereocenters. The average Bonchev–Trinajstić information content (AvgIpc) is 2.64. The Morgan fingerprint density at radius 3 is 2.74 bits per heavy atom. The topological polar surface area (TPSA) is 91.0 Å². The molecule has 3 heterocycles. The van der Waals surface area contributed by atoms with Crippen LogP contribution in [0.4, 0.5) is 5.82 Å². The first kappa shape index (κ1) is 18.7. The van der Waals surface area contributed by atoms with E-state index in [1.807, 2.05) is 19.9 Å². The van der Waals surface area contributed by atoms with Crippen LogP contribution in [0.25, 0.3) is 11.3 Å². The van der Waals surface area contributed by atoms with Gasteiger partial charge >= 0.3 is 0 Å². The van der Waals surface area contributed by atoms with Crippen molar-refractivity contribution in [3.8, 4) is 11.3 Å². The maximum Gasteiger partial charge on any atom is 0.262 e. The molecule has 0 aromatic carbocycles. The lowest BCUT2D eigenvalue weighted by Gasteiger charge is -2.27. The number of oxime groups is 1. The van der Waals surface area contributed by atoms with Gasteiger partial charge in [-0.1, -0.05) is 22.8 Å². The van der Waals surface area contributed by atoms with Gasteiger partial charge in [-0.3, -0.25) is 19.7 Å². The molecule has 138 valence electrons. The van der Waals surface area contributed by atoms with E-state index in [4.69, 9.17) is 16.8 Å². The number of aromatic nitrogens is 2. The maximum absolute atomic E-state index is 12.8. The number of aliphatic imine (C=N–C) groups is 1. The Hall–Kier alpha value is -3.06. The van der Waals surface area contributed by atoms with E-state index in [1.54, 1.807) is 12.3 Å². The van der Waals surface area contributed by atoms with Gasteiger partial charge in [-0.05, 0) is 37.8 Å². The highest BCUT2D eigenvalue weighted by Gasteiger charge is 2.28. The molecule has 0 saturated carbocycles. The summed E-state index contributed by atoms with van der Waals surface area (Å²) < 4.78 is 0. The number of amides is 1. The molecule has 1 aliphatic rings. The van der Waals surface area contributed by atoms with Gasteiger partial charge in [-0.15, -0.1) is 0 Å². The zero-order valence-electron chi connectivity index (χ0n) is 15.0. The van der Waals surface area contributed by atoms with Crippen LogP contribution < -0.4 is 4.90 Å². The predicted molar refractivity (Wildman–Crippen MR) is 106 cm³/mol. The summed E-state index contributed by atoms with van der Waals surface area (Å²) in [6, 6.07) is 3.76. The minimum atomic E-state index is -0.365. The third kappa shape index (κ3) is 3.59. The van der Waals surface area contributed by atoms with Gasteiger partial charge in [0.1, 0.15) is 5.82 Å². The number of nitrogens with zero attached hydrogens (tertiary/aromatic N) is 5. The van der Waals surface area contributed by atoms with Crippen molar-refractivity contribution in [1.82, 2.24) is 9.97 Å². The molecule has 0 aliphatic carbocycles. The lowest BCUT2D eigenvalue weighted by atomic mass is 10.0. The van der Waals surface area contributed by atoms with E-state index in [0.29, 0.717) is 35.1 Å². The Kier molecular flexibility index (Phi) is 5.32.